The molecule has 4 nitrogen and oxygen atoms in total. The van der Waals surface area contributed by atoms with Crippen LogP contribution in [0.25, 0.3) is 0 Å². The van der Waals surface area contributed by atoms with E-state index in [0.717, 1.165) is 12.2 Å². The lowest BCUT2D eigenvalue weighted by atomic mass is 10.2. The van der Waals surface area contributed by atoms with Gasteiger partial charge in [-0.2, -0.15) is 0 Å². The van der Waals surface area contributed by atoms with Gasteiger partial charge in [-0.25, -0.2) is 4.98 Å². The lowest BCUT2D eigenvalue weighted by molar-refractivity contribution is 0.289. The maximum absolute atomic E-state index is 6.13. The van der Waals surface area contributed by atoms with Gasteiger partial charge in [0.25, 0.3) is 0 Å². The van der Waals surface area contributed by atoms with Crippen molar-refractivity contribution in [3.63, 3.8) is 0 Å². The molecular weight excluding hydrogens is 200 g/mol. The van der Waals surface area contributed by atoms with E-state index in [1.165, 1.54) is 0 Å². The lowest BCUT2D eigenvalue weighted by Gasteiger charge is -2.22. The van der Waals surface area contributed by atoms with Crippen molar-refractivity contribution in [3.05, 3.63) is 17.2 Å². The molecule has 5 heteroatoms. The van der Waals surface area contributed by atoms with Gasteiger partial charge in [0.05, 0.1) is 18.1 Å². The van der Waals surface area contributed by atoms with E-state index < -0.39 is 0 Å². The fourth-order valence-electron chi connectivity index (χ4n) is 1.37. The molecule has 14 heavy (non-hydrogen) atoms. The van der Waals surface area contributed by atoms with Crippen LogP contribution in [0, 0.1) is 0 Å². The van der Waals surface area contributed by atoms with Crippen LogP contribution in [0.5, 0.6) is 0 Å². The molecule has 1 atom stereocenters. The van der Waals surface area contributed by atoms with Crippen molar-refractivity contribution in [2.45, 2.75) is 6.04 Å². The first-order valence-electron chi connectivity index (χ1n) is 4.55. The van der Waals surface area contributed by atoms with E-state index in [2.05, 4.69) is 15.2 Å². The van der Waals surface area contributed by atoms with E-state index in [1.807, 2.05) is 32.8 Å². The number of nitrogens with zero attached hydrogens (tertiary/aromatic N) is 3. The number of aryl methyl sites for hydroxylation is 1. The number of imidazole rings is 1. The lowest BCUT2D eigenvalue weighted by Crippen LogP contribution is -2.29. The third kappa shape index (κ3) is 2.26. The van der Waals surface area contributed by atoms with Gasteiger partial charge in [0.15, 0.2) is 0 Å². The summed E-state index contributed by atoms with van der Waals surface area (Å²) in [5.74, 6) is 0. The van der Waals surface area contributed by atoms with E-state index in [1.54, 1.807) is 6.33 Å². The first kappa shape index (κ1) is 11.5. The van der Waals surface area contributed by atoms with Crippen LogP contribution in [0.1, 0.15) is 11.7 Å². The Hall–Kier alpha value is -0.580. The molecule has 0 spiro atoms. The number of aromatic nitrogens is 2. The van der Waals surface area contributed by atoms with Gasteiger partial charge >= 0.3 is 0 Å². The minimum Gasteiger partial charge on any atom is -0.325 e. The number of likely N-dealkylation sites (N-methyl/N-ethyl adjacent to an activating group) is 2. The summed E-state index contributed by atoms with van der Waals surface area (Å²) in [6.07, 6.45) is 1.74. The van der Waals surface area contributed by atoms with E-state index in [-0.39, 0.29) is 6.04 Å². The molecular formula is C9H17ClN4. The smallest absolute Gasteiger partial charge is 0.133 e. The molecule has 0 aliphatic carbocycles. The van der Waals surface area contributed by atoms with Gasteiger partial charge in [0.2, 0.25) is 0 Å². The van der Waals surface area contributed by atoms with Gasteiger partial charge in [-0.15, -0.1) is 0 Å². The Morgan fingerprint density at radius 2 is 2.29 bits per heavy atom. The van der Waals surface area contributed by atoms with Crippen LogP contribution in [0.3, 0.4) is 0 Å². The second-order valence-electron chi connectivity index (χ2n) is 3.57. The monoisotopic (exact) mass is 216 g/mol. The molecule has 1 heterocycles. The van der Waals surface area contributed by atoms with Gasteiger partial charge < -0.3 is 9.88 Å². The summed E-state index contributed by atoms with van der Waals surface area (Å²) in [5.41, 5.74) is 0.925. The average molecular weight is 217 g/mol. The second kappa shape index (κ2) is 4.77. The Kier molecular flexibility index (Phi) is 3.92. The number of rotatable bonds is 4. The normalized spacial score (nSPS) is 13.6. The number of hydrogen-bond acceptors (Lipinski definition) is 3. The molecule has 1 aromatic heterocycles. The van der Waals surface area contributed by atoms with Crippen molar-refractivity contribution in [2.75, 3.05) is 27.7 Å². The summed E-state index contributed by atoms with van der Waals surface area (Å²) in [6.45, 7) is 0.837. The molecule has 0 fully saturated rings. The molecule has 0 radical (unpaired) electrons. The molecule has 1 N–H and O–H groups in total. The van der Waals surface area contributed by atoms with Crippen LogP contribution in [0.2, 0.25) is 5.15 Å². The summed E-state index contributed by atoms with van der Waals surface area (Å²) >= 11 is 6.13. The highest BCUT2D eigenvalue weighted by molar-refractivity contribution is 6.30. The fourth-order valence-corrected chi connectivity index (χ4v) is 1.59. The Morgan fingerprint density at radius 1 is 1.64 bits per heavy atom. The highest BCUT2D eigenvalue weighted by Gasteiger charge is 2.19. The van der Waals surface area contributed by atoms with Crippen LogP contribution in [-0.2, 0) is 7.05 Å². The quantitative estimate of drug-likeness (QED) is 0.812. The molecule has 0 aliphatic heterocycles. The Balaban J connectivity index is 2.93. The van der Waals surface area contributed by atoms with Crippen molar-refractivity contribution in [1.82, 2.24) is 19.8 Å². The van der Waals surface area contributed by atoms with E-state index in [4.69, 9.17) is 11.6 Å². The van der Waals surface area contributed by atoms with E-state index >= 15 is 0 Å². The molecule has 0 aromatic carbocycles. The van der Waals surface area contributed by atoms with E-state index in [0.29, 0.717) is 5.15 Å². The van der Waals surface area contributed by atoms with Gasteiger partial charge in [0.1, 0.15) is 5.15 Å². The van der Waals surface area contributed by atoms with Crippen LogP contribution in [-0.4, -0.2) is 42.1 Å². The predicted octanol–water partition coefficient (Wildman–Crippen LogP) is 0.896. The van der Waals surface area contributed by atoms with Gasteiger partial charge in [-0.1, -0.05) is 11.6 Å². The molecule has 1 unspecified atom stereocenters. The molecule has 0 saturated carbocycles. The maximum Gasteiger partial charge on any atom is 0.133 e. The zero-order chi connectivity index (χ0) is 10.7. The molecule has 80 valence electrons. The van der Waals surface area contributed by atoms with Crippen LogP contribution >= 0.6 is 11.6 Å². The number of hydrogen-bond donors (Lipinski definition) is 1. The predicted molar refractivity (Wildman–Crippen MR) is 58.6 cm³/mol. The first-order chi connectivity index (χ1) is 6.57. The van der Waals surface area contributed by atoms with Crippen LogP contribution < -0.4 is 5.32 Å². The van der Waals surface area contributed by atoms with Crippen molar-refractivity contribution in [3.8, 4) is 0 Å². The molecule has 0 saturated heterocycles. The zero-order valence-corrected chi connectivity index (χ0v) is 9.84. The Morgan fingerprint density at radius 3 is 2.64 bits per heavy atom. The summed E-state index contributed by atoms with van der Waals surface area (Å²) in [5, 5.41) is 3.84. The zero-order valence-electron chi connectivity index (χ0n) is 9.08. The summed E-state index contributed by atoms with van der Waals surface area (Å²) in [6, 6.07) is 0.216. The molecule has 1 aromatic rings. The molecule has 0 aliphatic rings. The van der Waals surface area contributed by atoms with Gasteiger partial charge in [-0.3, -0.25) is 4.90 Å². The number of nitrogens with one attached hydrogen (secondary N) is 1. The summed E-state index contributed by atoms with van der Waals surface area (Å²) < 4.78 is 1.82. The number of halogens is 1. The standard InChI is InChI=1S/C9H17ClN4/c1-11-5-7(13(2)3)8-9(10)14(4)6-12-8/h6-7,11H,5H2,1-4H3. The Labute approximate surface area is 89.9 Å². The molecule has 0 amide bonds. The SMILES string of the molecule is CNCC(c1ncn(C)c1Cl)N(C)C. The fraction of sp³-hybridized carbons (Fsp3) is 0.667. The summed E-state index contributed by atoms with van der Waals surface area (Å²) in [4.78, 5) is 6.41. The summed E-state index contributed by atoms with van der Waals surface area (Å²) in [7, 11) is 7.86. The second-order valence-corrected chi connectivity index (χ2v) is 3.93. The average Bonchev–Trinajstić information content (AvgIpc) is 2.44. The first-order valence-corrected chi connectivity index (χ1v) is 4.93. The molecule has 1 rings (SSSR count). The molecule has 0 bridgehead atoms. The van der Waals surface area contributed by atoms with E-state index in [9.17, 15) is 0 Å². The van der Waals surface area contributed by atoms with Crippen molar-refractivity contribution < 1.29 is 0 Å². The third-order valence-corrected chi connectivity index (χ3v) is 2.69. The topological polar surface area (TPSA) is 33.1 Å². The minimum atomic E-state index is 0.216. The maximum atomic E-state index is 6.13. The minimum absolute atomic E-state index is 0.216. The van der Waals surface area contributed by atoms with Crippen molar-refractivity contribution in [2.24, 2.45) is 7.05 Å². The van der Waals surface area contributed by atoms with Crippen molar-refractivity contribution in [1.29, 1.82) is 0 Å². The largest absolute Gasteiger partial charge is 0.325 e. The van der Waals surface area contributed by atoms with Gasteiger partial charge in [0, 0.05) is 13.6 Å². The van der Waals surface area contributed by atoms with Crippen molar-refractivity contribution >= 4 is 11.6 Å². The Bertz CT molecular complexity index is 295. The van der Waals surface area contributed by atoms with Gasteiger partial charge in [-0.05, 0) is 21.1 Å². The van der Waals surface area contributed by atoms with Crippen LogP contribution in [0.4, 0.5) is 0 Å². The highest BCUT2D eigenvalue weighted by atomic mass is 35.5. The van der Waals surface area contributed by atoms with Crippen LogP contribution in [0.15, 0.2) is 6.33 Å². The highest BCUT2D eigenvalue weighted by Crippen LogP contribution is 2.23. The third-order valence-electron chi connectivity index (χ3n) is 2.23.